The topological polar surface area (TPSA) is 49.8 Å². The van der Waals surface area contributed by atoms with Crippen molar-refractivity contribution in [2.75, 3.05) is 17.7 Å². The molecule has 0 radical (unpaired) electrons. The Hall–Kier alpha value is -1.62. The van der Waals surface area contributed by atoms with E-state index in [0.717, 1.165) is 16.1 Å². The van der Waals surface area contributed by atoms with Gasteiger partial charge in [-0.15, -0.1) is 0 Å². The first-order valence-electron chi connectivity index (χ1n) is 6.13. The second-order valence-corrected chi connectivity index (χ2v) is 5.20. The van der Waals surface area contributed by atoms with Crippen LogP contribution in [-0.2, 0) is 0 Å². The number of halogens is 1. The summed E-state index contributed by atoms with van der Waals surface area (Å²) in [5.41, 5.74) is 2.48. The molecule has 2 aromatic rings. The van der Waals surface area contributed by atoms with E-state index in [1.807, 2.05) is 7.05 Å². The van der Waals surface area contributed by atoms with Gasteiger partial charge in [0.15, 0.2) is 0 Å². The molecule has 0 saturated heterocycles. The largest absolute Gasteiger partial charge is 0.372 e. The van der Waals surface area contributed by atoms with Crippen LogP contribution in [0.5, 0.6) is 0 Å². The fourth-order valence-corrected chi connectivity index (χ4v) is 2.31. The van der Waals surface area contributed by atoms with Crippen LogP contribution in [0, 0.1) is 6.92 Å². The van der Waals surface area contributed by atoms with Gasteiger partial charge in [-0.05, 0) is 35.3 Å². The predicted octanol–water partition coefficient (Wildman–Crippen LogP) is 3.76. The second-order valence-electron chi connectivity index (χ2n) is 4.41. The Bertz CT molecular complexity index is 554. The molecule has 100 valence electrons. The molecule has 2 rings (SSSR count). The lowest BCUT2D eigenvalue weighted by Gasteiger charge is -2.17. The Morgan fingerprint density at radius 3 is 2.37 bits per heavy atom. The lowest BCUT2D eigenvalue weighted by atomic mass is 10.1. The fourth-order valence-electron chi connectivity index (χ4n) is 1.79. The molecule has 1 unspecified atom stereocenters. The van der Waals surface area contributed by atoms with E-state index >= 15 is 0 Å². The number of nitrogens with zero attached hydrogens (tertiary/aromatic N) is 2. The third-order valence-corrected chi connectivity index (χ3v) is 3.71. The van der Waals surface area contributed by atoms with E-state index in [4.69, 9.17) is 0 Å². The zero-order valence-electron chi connectivity index (χ0n) is 11.2. The standard InChI is InChI=1S/C14H17BrN4/c1-9-4-6-11(7-5-9)10(2)19-14-12(15)13(16-3)17-8-18-14/h4-8,10H,1-3H3,(H2,16,17,18,19). The molecule has 19 heavy (non-hydrogen) atoms. The van der Waals surface area contributed by atoms with Crippen molar-refractivity contribution in [3.8, 4) is 0 Å². The van der Waals surface area contributed by atoms with E-state index in [9.17, 15) is 0 Å². The number of aryl methyl sites for hydroxylation is 1. The molecule has 4 nitrogen and oxygen atoms in total. The van der Waals surface area contributed by atoms with Crippen LogP contribution in [-0.4, -0.2) is 17.0 Å². The fraction of sp³-hybridized carbons (Fsp3) is 0.286. The number of hydrogen-bond acceptors (Lipinski definition) is 4. The molecule has 0 fully saturated rings. The van der Waals surface area contributed by atoms with Gasteiger partial charge in [0, 0.05) is 13.1 Å². The molecule has 0 aliphatic carbocycles. The van der Waals surface area contributed by atoms with Crippen molar-refractivity contribution in [1.29, 1.82) is 0 Å². The molecule has 5 heteroatoms. The number of aromatic nitrogens is 2. The summed E-state index contributed by atoms with van der Waals surface area (Å²) in [7, 11) is 1.83. The first-order valence-corrected chi connectivity index (χ1v) is 6.92. The number of rotatable bonds is 4. The quantitative estimate of drug-likeness (QED) is 0.900. The average molecular weight is 321 g/mol. The van der Waals surface area contributed by atoms with Gasteiger partial charge in [-0.3, -0.25) is 0 Å². The Morgan fingerprint density at radius 2 is 1.74 bits per heavy atom. The molecule has 1 atom stereocenters. The molecule has 1 aromatic carbocycles. The van der Waals surface area contributed by atoms with Gasteiger partial charge in [0.1, 0.15) is 22.4 Å². The van der Waals surface area contributed by atoms with Crippen LogP contribution in [0.25, 0.3) is 0 Å². The minimum atomic E-state index is 0.177. The molecule has 0 aliphatic heterocycles. The highest BCUT2D eigenvalue weighted by Crippen LogP contribution is 2.29. The van der Waals surface area contributed by atoms with Gasteiger partial charge in [-0.25, -0.2) is 9.97 Å². The van der Waals surface area contributed by atoms with Crippen molar-refractivity contribution >= 4 is 27.6 Å². The lowest BCUT2D eigenvalue weighted by Crippen LogP contribution is -2.09. The van der Waals surface area contributed by atoms with Crippen LogP contribution in [0.2, 0.25) is 0 Å². The van der Waals surface area contributed by atoms with E-state index in [2.05, 4.69) is 74.6 Å². The van der Waals surface area contributed by atoms with Gasteiger partial charge in [-0.1, -0.05) is 29.8 Å². The maximum atomic E-state index is 4.26. The normalized spacial score (nSPS) is 12.0. The Balaban J connectivity index is 2.19. The van der Waals surface area contributed by atoms with Gasteiger partial charge in [-0.2, -0.15) is 0 Å². The molecular formula is C14H17BrN4. The number of benzene rings is 1. The van der Waals surface area contributed by atoms with E-state index in [1.165, 1.54) is 11.1 Å². The van der Waals surface area contributed by atoms with Crippen molar-refractivity contribution in [3.05, 3.63) is 46.2 Å². The Morgan fingerprint density at radius 1 is 1.11 bits per heavy atom. The highest BCUT2D eigenvalue weighted by atomic mass is 79.9. The molecular weight excluding hydrogens is 304 g/mol. The van der Waals surface area contributed by atoms with E-state index in [1.54, 1.807) is 6.33 Å². The summed E-state index contributed by atoms with van der Waals surface area (Å²) in [5, 5.41) is 6.40. The number of nitrogens with one attached hydrogen (secondary N) is 2. The monoisotopic (exact) mass is 320 g/mol. The van der Waals surface area contributed by atoms with Crippen LogP contribution in [0.3, 0.4) is 0 Å². The van der Waals surface area contributed by atoms with Crippen molar-refractivity contribution in [2.24, 2.45) is 0 Å². The predicted molar refractivity (Wildman–Crippen MR) is 82.5 cm³/mol. The van der Waals surface area contributed by atoms with E-state index < -0.39 is 0 Å². The highest BCUT2D eigenvalue weighted by molar-refractivity contribution is 9.10. The van der Waals surface area contributed by atoms with E-state index in [0.29, 0.717) is 0 Å². The van der Waals surface area contributed by atoms with Crippen LogP contribution in [0.15, 0.2) is 35.1 Å². The van der Waals surface area contributed by atoms with Gasteiger partial charge >= 0.3 is 0 Å². The second kappa shape index (κ2) is 6.02. The summed E-state index contributed by atoms with van der Waals surface area (Å²) in [6.07, 6.45) is 1.54. The van der Waals surface area contributed by atoms with Crippen LogP contribution in [0.4, 0.5) is 11.6 Å². The van der Waals surface area contributed by atoms with Crippen molar-refractivity contribution in [2.45, 2.75) is 19.9 Å². The number of hydrogen-bond donors (Lipinski definition) is 2. The average Bonchev–Trinajstić information content (AvgIpc) is 2.42. The third-order valence-electron chi connectivity index (χ3n) is 2.96. The minimum absolute atomic E-state index is 0.177. The molecule has 0 aliphatic rings. The maximum Gasteiger partial charge on any atom is 0.146 e. The molecule has 1 heterocycles. The summed E-state index contributed by atoms with van der Waals surface area (Å²) in [6.45, 7) is 4.19. The molecule has 0 saturated carbocycles. The SMILES string of the molecule is CNc1ncnc(NC(C)c2ccc(C)cc2)c1Br. The van der Waals surface area contributed by atoms with Gasteiger partial charge < -0.3 is 10.6 Å². The first-order chi connectivity index (χ1) is 9.11. The van der Waals surface area contributed by atoms with E-state index in [-0.39, 0.29) is 6.04 Å². The first kappa shape index (κ1) is 13.8. The highest BCUT2D eigenvalue weighted by Gasteiger charge is 2.11. The summed E-state index contributed by atoms with van der Waals surface area (Å²) in [5.74, 6) is 1.56. The molecule has 1 aromatic heterocycles. The third kappa shape index (κ3) is 3.23. The van der Waals surface area contributed by atoms with Crippen molar-refractivity contribution < 1.29 is 0 Å². The van der Waals surface area contributed by atoms with Crippen molar-refractivity contribution in [1.82, 2.24) is 9.97 Å². The zero-order valence-corrected chi connectivity index (χ0v) is 12.8. The summed E-state index contributed by atoms with van der Waals surface area (Å²) < 4.78 is 0.844. The molecule has 0 amide bonds. The van der Waals surface area contributed by atoms with Crippen LogP contribution >= 0.6 is 15.9 Å². The summed E-state index contributed by atoms with van der Waals surface area (Å²) in [6, 6.07) is 8.65. The van der Waals surface area contributed by atoms with Gasteiger partial charge in [0.05, 0.1) is 0 Å². The van der Waals surface area contributed by atoms with Crippen molar-refractivity contribution in [3.63, 3.8) is 0 Å². The smallest absolute Gasteiger partial charge is 0.146 e. The molecule has 2 N–H and O–H groups in total. The number of anilines is 2. The van der Waals surface area contributed by atoms with Gasteiger partial charge in [0.25, 0.3) is 0 Å². The van der Waals surface area contributed by atoms with Crippen LogP contribution < -0.4 is 10.6 Å². The maximum absolute atomic E-state index is 4.26. The van der Waals surface area contributed by atoms with Gasteiger partial charge in [0.2, 0.25) is 0 Å². The molecule has 0 spiro atoms. The van der Waals surface area contributed by atoms with Crippen LogP contribution in [0.1, 0.15) is 24.1 Å². The summed E-state index contributed by atoms with van der Waals surface area (Å²) in [4.78, 5) is 8.40. The summed E-state index contributed by atoms with van der Waals surface area (Å²) >= 11 is 3.50. The Kier molecular flexibility index (Phi) is 4.37. The zero-order chi connectivity index (χ0) is 13.8. The minimum Gasteiger partial charge on any atom is -0.372 e. The lowest BCUT2D eigenvalue weighted by molar-refractivity contribution is 0.869. The Labute approximate surface area is 121 Å². The molecule has 0 bridgehead atoms.